The van der Waals surface area contributed by atoms with Crippen LogP contribution in [0.2, 0.25) is 0 Å². The van der Waals surface area contributed by atoms with Gasteiger partial charge in [-0.3, -0.25) is 0 Å². The molecule has 9 heteroatoms. The van der Waals surface area contributed by atoms with Gasteiger partial charge >= 0.3 is 0 Å². The summed E-state index contributed by atoms with van der Waals surface area (Å²) in [5.41, 5.74) is 28.8. The predicted molar refractivity (Wildman–Crippen MR) is 542 cm³/mol. The zero-order valence-electron chi connectivity index (χ0n) is 76.0. The van der Waals surface area contributed by atoms with Crippen LogP contribution in [0.4, 0.5) is 0 Å². The molecule has 0 aliphatic rings. The minimum absolute atomic E-state index is 0.0398. The number of nitrogens with zero attached hydrogens (tertiary/aromatic N) is 9. The monoisotopic (exact) mass is 1690 g/mol. The Balaban J connectivity index is 0.000000127. The molecule has 19 aromatic rings. The molecule has 16 aromatic carbocycles. The van der Waals surface area contributed by atoms with Crippen molar-refractivity contribution in [2.45, 2.75) is 105 Å². The molecule has 0 atom stereocenters. The molecule has 3 heterocycles. The van der Waals surface area contributed by atoms with Crippen molar-refractivity contribution >= 4 is 0 Å². The smallest absolute Gasteiger partial charge is 0.164 e. The molecule has 0 aliphatic heterocycles. The second-order valence-electron chi connectivity index (χ2n) is 36.7. The van der Waals surface area contributed by atoms with Gasteiger partial charge in [0.15, 0.2) is 52.4 Å². The highest BCUT2D eigenvalue weighted by molar-refractivity contribution is 5.83. The molecule has 0 radical (unpaired) electrons. The molecule has 19 rings (SSSR count). The molecule has 3 aromatic heterocycles. The van der Waals surface area contributed by atoms with Gasteiger partial charge in [0.25, 0.3) is 0 Å². The van der Waals surface area contributed by atoms with Gasteiger partial charge in [-0.1, -0.05) is 471 Å². The van der Waals surface area contributed by atoms with Crippen LogP contribution in [0.1, 0.15) is 105 Å². The molecule has 9 nitrogen and oxygen atoms in total. The number of benzene rings is 16. The van der Waals surface area contributed by atoms with Crippen LogP contribution in [0.3, 0.4) is 0 Å². The van der Waals surface area contributed by atoms with E-state index in [-0.39, 0.29) is 21.7 Å². The van der Waals surface area contributed by atoms with E-state index in [0.717, 1.165) is 55.6 Å². The molecule has 636 valence electrons. The lowest BCUT2D eigenvalue weighted by molar-refractivity contribution is 0.590. The number of aromatic nitrogens is 9. The third-order valence-electron chi connectivity index (χ3n) is 22.9. The second-order valence-corrected chi connectivity index (χ2v) is 36.7. The van der Waals surface area contributed by atoms with Crippen molar-refractivity contribution in [2.75, 3.05) is 0 Å². The molecular weight excluding hydrogens is 1580 g/mol. The molecule has 0 spiro atoms. The third kappa shape index (κ3) is 22.3. The summed E-state index contributed by atoms with van der Waals surface area (Å²) in [4.78, 5) is 43.7. The maximum Gasteiger partial charge on any atom is 0.164 e. The van der Waals surface area contributed by atoms with Crippen LogP contribution in [0, 0.1) is 0 Å². The Hall–Kier alpha value is -15.5. The highest BCUT2D eigenvalue weighted by Gasteiger charge is 2.23. The SMILES string of the molecule is CC(C)(C)c1cccc(-c2ccc(-c3cc(-c4ccccc4)cc(-c4ccccc4)c3)cc2)c1.CC(C)(C)c1cccc(-c2nc(-c3ccccc3)nc(-c3ccc(-c4ccccc4)cc3)n2)c1.CC(C)(C)c1cccc(-c2nc(-c3ccccc3)nc(-c3cccc(-c4ccccc4)c3)n2)c1.CC(C)(C)c1cccc(-c2nc(-c3ccccc3)nc(-c3ccccc3)n2)c1. The van der Waals surface area contributed by atoms with E-state index >= 15 is 0 Å². The van der Waals surface area contributed by atoms with Gasteiger partial charge < -0.3 is 0 Å². The summed E-state index contributed by atoms with van der Waals surface area (Å²) in [6, 6.07) is 149. The first-order valence-corrected chi connectivity index (χ1v) is 44.5. The van der Waals surface area contributed by atoms with Crippen molar-refractivity contribution in [2.24, 2.45) is 0 Å². The van der Waals surface area contributed by atoms with Crippen molar-refractivity contribution in [1.82, 2.24) is 44.9 Å². The zero-order valence-corrected chi connectivity index (χ0v) is 76.0. The van der Waals surface area contributed by atoms with Crippen LogP contribution in [0.15, 0.2) is 431 Å². The van der Waals surface area contributed by atoms with Crippen LogP contribution >= 0.6 is 0 Å². The Labute approximate surface area is 766 Å². The standard InChI is InChI=1S/C34H30.2C31H27N3.C25H23N3/c1-34(2,3)33-16-10-15-29(24-33)27-17-19-28(20-18-27)32-22-30(25-11-6-4-7-12-25)21-31(23-32)26-13-8-5-9-14-26;1-31(2,3)27-19-11-18-26(21-27)30-33-28(23-14-8-5-9-15-23)32-29(34-30)25-17-10-16-24(20-25)22-12-6-4-7-13-22;1-31(2,3)27-16-10-15-26(21-27)30-33-28(24-13-8-5-9-14-24)32-29(34-30)25-19-17-23(18-20-25)22-11-6-4-7-12-22;1-25(2,3)21-16-10-15-20(17-21)24-27-22(18-11-6-4-7-12-18)26-23(28-24)19-13-8-5-9-14-19/h4-24H,1-3H3;2*4-21H,1-3H3;4-17H,1-3H3. The summed E-state index contributed by atoms with van der Waals surface area (Å²) in [6.07, 6.45) is 0. The van der Waals surface area contributed by atoms with Gasteiger partial charge in [0.2, 0.25) is 0 Å². The van der Waals surface area contributed by atoms with Crippen molar-refractivity contribution in [3.05, 3.63) is 453 Å². The molecule has 0 N–H and O–H groups in total. The lowest BCUT2D eigenvalue weighted by Gasteiger charge is -2.20. The minimum Gasteiger partial charge on any atom is -0.208 e. The first-order chi connectivity index (χ1) is 62.9. The average molecular weight is 1690 g/mol. The maximum atomic E-state index is 4.94. The molecule has 0 fully saturated rings. The fraction of sp³-hybridized carbons (Fsp3) is 0.132. The zero-order chi connectivity index (χ0) is 90.2. The lowest BCUT2D eigenvalue weighted by Crippen LogP contribution is -2.11. The largest absolute Gasteiger partial charge is 0.208 e. The van der Waals surface area contributed by atoms with Crippen LogP contribution in [-0.2, 0) is 21.7 Å². The Bertz CT molecular complexity index is 6870. The van der Waals surface area contributed by atoms with Gasteiger partial charge in [-0.15, -0.1) is 0 Å². The van der Waals surface area contributed by atoms with Crippen molar-refractivity contribution in [3.63, 3.8) is 0 Å². The Kier molecular flexibility index (Phi) is 26.8. The van der Waals surface area contributed by atoms with E-state index in [1.807, 2.05) is 133 Å². The summed E-state index contributed by atoms with van der Waals surface area (Å²) in [5, 5.41) is 0. The Morgan fingerprint density at radius 2 is 0.238 bits per heavy atom. The van der Waals surface area contributed by atoms with E-state index in [1.165, 1.54) is 83.5 Å². The minimum atomic E-state index is 0.0398. The van der Waals surface area contributed by atoms with Crippen molar-refractivity contribution in [1.29, 1.82) is 0 Å². The van der Waals surface area contributed by atoms with E-state index in [1.54, 1.807) is 0 Å². The highest BCUT2D eigenvalue weighted by Crippen LogP contribution is 2.39. The predicted octanol–water partition coefficient (Wildman–Crippen LogP) is 31.5. The van der Waals surface area contributed by atoms with E-state index in [2.05, 4.69) is 380 Å². The van der Waals surface area contributed by atoms with Gasteiger partial charge in [-0.25, -0.2) is 44.9 Å². The normalized spacial score (nSPS) is 11.4. The molecule has 0 saturated carbocycles. The molecule has 0 saturated heterocycles. The maximum absolute atomic E-state index is 4.94. The van der Waals surface area contributed by atoms with E-state index in [0.29, 0.717) is 52.4 Å². The van der Waals surface area contributed by atoms with Crippen molar-refractivity contribution in [3.8, 4) is 169 Å². The van der Waals surface area contributed by atoms with E-state index < -0.39 is 0 Å². The van der Waals surface area contributed by atoms with Crippen molar-refractivity contribution < 1.29 is 0 Å². The molecule has 0 bridgehead atoms. The first kappa shape index (κ1) is 88.0. The number of hydrogen-bond donors (Lipinski definition) is 0. The quantitative estimate of drug-likeness (QED) is 0.0989. The highest BCUT2D eigenvalue weighted by atomic mass is 15.1. The molecule has 0 amide bonds. The summed E-state index contributed by atoms with van der Waals surface area (Å²) < 4.78 is 0. The van der Waals surface area contributed by atoms with Crippen LogP contribution in [0.25, 0.3) is 169 Å². The van der Waals surface area contributed by atoms with Gasteiger partial charge in [0.1, 0.15) is 0 Å². The Morgan fingerprint density at radius 1 is 0.108 bits per heavy atom. The fourth-order valence-corrected chi connectivity index (χ4v) is 15.3. The van der Waals surface area contributed by atoms with Gasteiger partial charge in [0, 0.05) is 50.1 Å². The van der Waals surface area contributed by atoms with Crippen LogP contribution in [0.5, 0.6) is 0 Å². The first-order valence-electron chi connectivity index (χ1n) is 44.5. The third-order valence-corrected chi connectivity index (χ3v) is 22.9. The Morgan fingerprint density at radius 3 is 0.485 bits per heavy atom. The van der Waals surface area contributed by atoms with Gasteiger partial charge in [-0.2, -0.15) is 0 Å². The molecule has 130 heavy (non-hydrogen) atoms. The van der Waals surface area contributed by atoms with Gasteiger partial charge in [0.05, 0.1) is 0 Å². The average Bonchev–Trinajstić information content (AvgIpc) is 0.804. The van der Waals surface area contributed by atoms with Gasteiger partial charge in [-0.05, 0) is 153 Å². The van der Waals surface area contributed by atoms with E-state index in [4.69, 9.17) is 44.9 Å². The fourth-order valence-electron chi connectivity index (χ4n) is 15.3. The molecule has 0 aliphatic carbocycles. The molecular formula is C121H107N9. The molecule has 0 unspecified atom stereocenters. The summed E-state index contributed by atoms with van der Waals surface area (Å²) in [5.74, 6) is 6.12. The summed E-state index contributed by atoms with van der Waals surface area (Å²) >= 11 is 0. The topological polar surface area (TPSA) is 116 Å². The van der Waals surface area contributed by atoms with E-state index in [9.17, 15) is 0 Å². The second kappa shape index (κ2) is 39.6. The number of rotatable bonds is 15. The number of hydrogen-bond acceptors (Lipinski definition) is 9. The van der Waals surface area contributed by atoms with Crippen LogP contribution in [-0.4, -0.2) is 44.9 Å². The lowest BCUT2D eigenvalue weighted by atomic mass is 9.85. The summed E-state index contributed by atoms with van der Waals surface area (Å²) in [6.45, 7) is 26.7. The summed E-state index contributed by atoms with van der Waals surface area (Å²) in [7, 11) is 0. The van der Waals surface area contributed by atoms with Crippen LogP contribution < -0.4 is 0 Å².